The van der Waals surface area contributed by atoms with Crippen molar-refractivity contribution in [2.75, 3.05) is 0 Å². The molecular formula is C12H16F2O2. The average Bonchev–Trinajstić information content (AvgIpc) is 2.12. The van der Waals surface area contributed by atoms with Crippen molar-refractivity contribution in [2.24, 2.45) is 5.41 Å². The van der Waals surface area contributed by atoms with E-state index in [4.69, 9.17) is 5.11 Å². The Bertz CT molecular complexity index is 365. The van der Waals surface area contributed by atoms with E-state index in [0.29, 0.717) is 12.0 Å². The standard InChI is InChI=1S/C12H16F2O2/c1-8-9(4-5-10(15)16)11(2,3)6-7-12(8,13)14/h4-5H,6-7H2,1-3H3,(H,15,16)/b5-4+. The predicted octanol–water partition coefficient (Wildman–Crippen LogP) is 3.40. The van der Waals surface area contributed by atoms with Gasteiger partial charge in [0.1, 0.15) is 0 Å². The maximum absolute atomic E-state index is 13.5. The number of carboxylic acid groups (broad SMARTS) is 1. The van der Waals surface area contributed by atoms with Crippen LogP contribution in [0, 0.1) is 5.41 Å². The highest BCUT2D eigenvalue weighted by Gasteiger charge is 2.42. The highest BCUT2D eigenvalue weighted by molar-refractivity contribution is 5.80. The van der Waals surface area contributed by atoms with E-state index < -0.39 is 17.3 Å². The van der Waals surface area contributed by atoms with Crippen LogP contribution in [-0.4, -0.2) is 17.0 Å². The van der Waals surface area contributed by atoms with Crippen LogP contribution < -0.4 is 0 Å². The lowest BCUT2D eigenvalue weighted by Crippen LogP contribution is -2.31. The first kappa shape index (κ1) is 12.9. The monoisotopic (exact) mass is 230 g/mol. The molecular weight excluding hydrogens is 214 g/mol. The van der Waals surface area contributed by atoms with Gasteiger partial charge in [-0.1, -0.05) is 19.9 Å². The Hall–Kier alpha value is -1.19. The van der Waals surface area contributed by atoms with Gasteiger partial charge >= 0.3 is 5.97 Å². The van der Waals surface area contributed by atoms with Gasteiger partial charge in [-0.3, -0.25) is 0 Å². The number of rotatable bonds is 2. The fourth-order valence-electron chi connectivity index (χ4n) is 2.00. The number of carboxylic acids is 1. The smallest absolute Gasteiger partial charge is 0.328 e. The second-order valence-electron chi connectivity index (χ2n) is 4.80. The molecule has 0 amide bonds. The molecule has 1 N–H and O–H groups in total. The van der Waals surface area contributed by atoms with E-state index in [-0.39, 0.29) is 12.0 Å². The van der Waals surface area contributed by atoms with Gasteiger partial charge in [-0.25, -0.2) is 13.6 Å². The molecule has 0 aromatic rings. The Balaban J connectivity index is 3.20. The normalized spacial score (nSPS) is 23.8. The van der Waals surface area contributed by atoms with Crippen molar-refractivity contribution in [2.45, 2.75) is 39.5 Å². The van der Waals surface area contributed by atoms with Crippen LogP contribution >= 0.6 is 0 Å². The first-order chi connectivity index (χ1) is 7.17. The van der Waals surface area contributed by atoms with Crippen LogP contribution in [0.5, 0.6) is 0 Å². The van der Waals surface area contributed by atoms with Gasteiger partial charge < -0.3 is 5.11 Å². The fraction of sp³-hybridized carbons (Fsp3) is 0.583. The number of hydrogen-bond donors (Lipinski definition) is 1. The van der Waals surface area contributed by atoms with Gasteiger partial charge in [0.2, 0.25) is 0 Å². The molecule has 2 nitrogen and oxygen atoms in total. The average molecular weight is 230 g/mol. The molecule has 0 aliphatic heterocycles. The maximum Gasteiger partial charge on any atom is 0.328 e. The van der Waals surface area contributed by atoms with Crippen LogP contribution in [0.4, 0.5) is 8.78 Å². The molecule has 1 aliphatic rings. The van der Waals surface area contributed by atoms with Crippen molar-refractivity contribution in [3.8, 4) is 0 Å². The van der Waals surface area contributed by atoms with Crippen LogP contribution in [0.3, 0.4) is 0 Å². The molecule has 0 fully saturated rings. The zero-order chi connectivity index (χ0) is 12.6. The minimum absolute atomic E-state index is 0.0127. The third kappa shape index (κ3) is 2.49. The van der Waals surface area contributed by atoms with Gasteiger partial charge in [-0.05, 0) is 29.9 Å². The second kappa shape index (κ2) is 4.00. The highest BCUT2D eigenvalue weighted by Crippen LogP contribution is 2.47. The van der Waals surface area contributed by atoms with E-state index in [1.165, 1.54) is 13.0 Å². The quantitative estimate of drug-likeness (QED) is 0.738. The summed E-state index contributed by atoms with van der Waals surface area (Å²) < 4.78 is 27.0. The molecule has 0 bridgehead atoms. The van der Waals surface area contributed by atoms with Crippen molar-refractivity contribution >= 4 is 5.97 Å². The van der Waals surface area contributed by atoms with Gasteiger partial charge in [-0.2, -0.15) is 0 Å². The number of hydrogen-bond acceptors (Lipinski definition) is 1. The Morgan fingerprint density at radius 3 is 2.44 bits per heavy atom. The van der Waals surface area contributed by atoms with E-state index in [1.54, 1.807) is 0 Å². The van der Waals surface area contributed by atoms with E-state index in [2.05, 4.69) is 0 Å². The van der Waals surface area contributed by atoms with Crippen molar-refractivity contribution in [1.29, 1.82) is 0 Å². The largest absolute Gasteiger partial charge is 0.478 e. The number of carbonyl (C=O) groups is 1. The topological polar surface area (TPSA) is 37.3 Å². The molecule has 0 aromatic carbocycles. The molecule has 0 spiro atoms. The SMILES string of the molecule is CC1=C(/C=C/C(=O)O)C(C)(C)CCC1(F)F. The van der Waals surface area contributed by atoms with Crippen LogP contribution in [0.25, 0.3) is 0 Å². The zero-order valence-corrected chi connectivity index (χ0v) is 9.68. The summed E-state index contributed by atoms with van der Waals surface area (Å²) in [6, 6.07) is 0. The van der Waals surface area contributed by atoms with Crippen LogP contribution in [-0.2, 0) is 4.79 Å². The molecule has 0 unspecified atom stereocenters. The lowest BCUT2D eigenvalue weighted by atomic mass is 9.71. The summed E-state index contributed by atoms with van der Waals surface area (Å²) >= 11 is 0. The third-order valence-electron chi connectivity index (χ3n) is 3.14. The molecule has 0 heterocycles. The molecule has 0 aromatic heterocycles. The first-order valence-electron chi connectivity index (χ1n) is 5.17. The van der Waals surface area contributed by atoms with Crippen LogP contribution in [0.15, 0.2) is 23.3 Å². The second-order valence-corrected chi connectivity index (χ2v) is 4.80. The minimum Gasteiger partial charge on any atom is -0.478 e. The van der Waals surface area contributed by atoms with E-state index in [1.807, 2.05) is 13.8 Å². The predicted molar refractivity (Wildman–Crippen MR) is 57.4 cm³/mol. The van der Waals surface area contributed by atoms with Crippen molar-refractivity contribution in [3.05, 3.63) is 23.3 Å². The summed E-state index contributed by atoms with van der Waals surface area (Å²) in [6.45, 7) is 5.09. The fourth-order valence-corrected chi connectivity index (χ4v) is 2.00. The Morgan fingerprint density at radius 2 is 1.94 bits per heavy atom. The molecule has 1 rings (SSSR count). The van der Waals surface area contributed by atoms with Crippen molar-refractivity contribution in [3.63, 3.8) is 0 Å². The van der Waals surface area contributed by atoms with E-state index >= 15 is 0 Å². The molecule has 4 heteroatoms. The summed E-state index contributed by atoms with van der Waals surface area (Å²) in [5.41, 5.74) is 0.0324. The molecule has 16 heavy (non-hydrogen) atoms. The molecule has 90 valence electrons. The Morgan fingerprint density at radius 1 is 1.38 bits per heavy atom. The summed E-state index contributed by atoms with van der Waals surface area (Å²) in [7, 11) is 0. The molecule has 0 saturated carbocycles. The first-order valence-corrected chi connectivity index (χ1v) is 5.17. The lowest BCUT2D eigenvalue weighted by molar-refractivity contribution is -0.131. The van der Waals surface area contributed by atoms with Crippen molar-refractivity contribution < 1.29 is 18.7 Å². The minimum atomic E-state index is -2.81. The number of aliphatic carboxylic acids is 1. The lowest BCUT2D eigenvalue weighted by Gasteiger charge is -2.37. The number of allylic oxidation sites excluding steroid dienone is 3. The highest BCUT2D eigenvalue weighted by atomic mass is 19.3. The Labute approximate surface area is 93.7 Å². The summed E-state index contributed by atoms with van der Waals surface area (Å²) in [5.74, 6) is -3.93. The number of alkyl halides is 2. The van der Waals surface area contributed by atoms with E-state index in [0.717, 1.165) is 6.08 Å². The Kier molecular flexibility index (Phi) is 3.22. The third-order valence-corrected chi connectivity index (χ3v) is 3.14. The summed E-state index contributed by atoms with van der Waals surface area (Å²) in [4.78, 5) is 10.4. The van der Waals surface area contributed by atoms with Crippen LogP contribution in [0.1, 0.15) is 33.6 Å². The molecule has 0 atom stereocenters. The zero-order valence-electron chi connectivity index (χ0n) is 9.68. The van der Waals surface area contributed by atoms with Gasteiger partial charge in [0.15, 0.2) is 0 Å². The van der Waals surface area contributed by atoms with E-state index in [9.17, 15) is 13.6 Å². The molecule has 1 aliphatic carbocycles. The van der Waals surface area contributed by atoms with Gasteiger partial charge in [0, 0.05) is 12.5 Å². The molecule has 0 radical (unpaired) electrons. The molecule has 0 saturated heterocycles. The summed E-state index contributed by atoms with van der Waals surface area (Å²) in [5, 5.41) is 8.53. The summed E-state index contributed by atoms with van der Waals surface area (Å²) in [6.07, 6.45) is 2.40. The van der Waals surface area contributed by atoms with Gasteiger partial charge in [0.05, 0.1) is 0 Å². The van der Waals surface area contributed by atoms with Crippen LogP contribution in [0.2, 0.25) is 0 Å². The van der Waals surface area contributed by atoms with Crippen molar-refractivity contribution in [1.82, 2.24) is 0 Å². The number of halogens is 2. The van der Waals surface area contributed by atoms with Gasteiger partial charge in [-0.15, -0.1) is 0 Å². The maximum atomic E-state index is 13.5. The van der Waals surface area contributed by atoms with Gasteiger partial charge in [0.25, 0.3) is 5.92 Å².